The van der Waals surface area contributed by atoms with Crippen molar-refractivity contribution in [3.05, 3.63) is 59.7 Å². The highest BCUT2D eigenvalue weighted by atomic mass is 19.4. The fourth-order valence-electron chi connectivity index (χ4n) is 5.07. The van der Waals surface area contributed by atoms with Crippen LogP contribution in [0.1, 0.15) is 68.4 Å². The lowest BCUT2D eigenvalue weighted by molar-refractivity contribution is -0.274. The Labute approximate surface area is 229 Å². The molecule has 3 amide bonds. The van der Waals surface area contributed by atoms with Crippen molar-refractivity contribution in [1.82, 2.24) is 25.9 Å². The number of hydrogen-bond donors (Lipinski definition) is 4. The second-order valence-corrected chi connectivity index (χ2v) is 10.9. The van der Waals surface area contributed by atoms with Crippen LogP contribution in [0.4, 0.5) is 29.6 Å². The number of carbonyl (C=O) groups excluding carboxylic acids is 2. The quantitative estimate of drug-likeness (QED) is 0.278. The molecular formula is C27H32F3N7O3. The molecule has 4 rings (SSSR count). The van der Waals surface area contributed by atoms with Gasteiger partial charge in [0.2, 0.25) is 0 Å². The molecule has 0 bridgehead atoms. The number of ether oxygens (including phenoxy) is 1. The first-order valence-corrected chi connectivity index (χ1v) is 13.0. The summed E-state index contributed by atoms with van der Waals surface area (Å²) in [5.74, 6) is 0.00549. The molecule has 1 aliphatic rings. The SMILES string of the molecule is CC(C)(C)[C@H]1CC[C@H](C(NC(=O)Nc2ccc(OC(F)(F)F)cc2)c2ccc(C(=O)Nc3nn[nH]n3)cc2)CC1. The topological polar surface area (TPSA) is 134 Å². The van der Waals surface area contributed by atoms with Gasteiger partial charge in [0, 0.05) is 11.3 Å². The van der Waals surface area contributed by atoms with Crippen LogP contribution in [0, 0.1) is 17.3 Å². The number of anilines is 2. The molecule has 0 spiro atoms. The highest BCUT2D eigenvalue weighted by Gasteiger charge is 2.34. The molecule has 1 unspecified atom stereocenters. The van der Waals surface area contributed by atoms with Gasteiger partial charge in [0.05, 0.1) is 6.04 Å². The molecule has 1 saturated carbocycles. The molecule has 214 valence electrons. The molecule has 2 aromatic carbocycles. The predicted molar refractivity (Wildman–Crippen MR) is 141 cm³/mol. The van der Waals surface area contributed by atoms with E-state index in [0.717, 1.165) is 43.4 Å². The number of halogens is 3. The summed E-state index contributed by atoms with van der Waals surface area (Å²) in [6.45, 7) is 6.72. The minimum atomic E-state index is -4.80. The Hall–Kier alpha value is -4.16. The van der Waals surface area contributed by atoms with Crippen molar-refractivity contribution in [2.24, 2.45) is 17.3 Å². The van der Waals surface area contributed by atoms with Crippen LogP contribution in [-0.4, -0.2) is 38.9 Å². The summed E-state index contributed by atoms with van der Waals surface area (Å²) in [5, 5.41) is 21.4. The van der Waals surface area contributed by atoms with E-state index in [9.17, 15) is 22.8 Å². The number of tetrazole rings is 1. The number of H-pyrrole nitrogens is 1. The summed E-state index contributed by atoms with van der Waals surface area (Å²) in [7, 11) is 0. The van der Waals surface area contributed by atoms with Crippen LogP contribution in [0.25, 0.3) is 0 Å². The number of nitrogens with one attached hydrogen (secondary N) is 4. The first kappa shape index (κ1) is 28.8. The fraction of sp³-hybridized carbons (Fsp3) is 0.444. The van der Waals surface area contributed by atoms with Gasteiger partial charge in [-0.2, -0.15) is 5.21 Å². The van der Waals surface area contributed by atoms with Gasteiger partial charge in [0.25, 0.3) is 11.9 Å². The first-order chi connectivity index (χ1) is 18.9. The van der Waals surface area contributed by atoms with Gasteiger partial charge in [-0.25, -0.2) is 4.79 Å². The van der Waals surface area contributed by atoms with Crippen LogP contribution in [0.5, 0.6) is 5.75 Å². The van der Waals surface area contributed by atoms with E-state index >= 15 is 0 Å². The van der Waals surface area contributed by atoms with Crippen molar-refractivity contribution in [3.8, 4) is 5.75 Å². The second-order valence-electron chi connectivity index (χ2n) is 10.9. The number of aromatic amines is 1. The third kappa shape index (κ3) is 7.93. The van der Waals surface area contributed by atoms with Gasteiger partial charge < -0.3 is 15.4 Å². The average molecular weight is 560 g/mol. The van der Waals surface area contributed by atoms with Crippen molar-refractivity contribution in [2.75, 3.05) is 10.6 Å². The number of urea groups is 1. The van der Waals surface area contributed by atoms with E-state index in [1.54, 1.807) is 24.3 Å². The Balaban J connectivity index is 1.47. The molecular weight excluding hydrogens is 527 g/mol. The van der Waals surface area contributed by atoms with Crippen LogP contribution in [-0.2, 0) is 0 Å². The molecule has 0 radical (unpaired) electrons. The van der Waals surface area contributed by atoms with Crippen LogP contribution in [0.2, 0.25) is 0 Å². The van der Waals surface area contributed by atoms with Gasteiger partial charge in [-0.1, -0.05) is 38.0 Å². The zero-order valence-electron chi connectivity index (χ0n) is 22.4. The third-order valence-corrected chi connectivity index (χ3v) is 7.20. The first-order valence-electron chi connectivity index (χ1n) is 13.0. The maximum Gasteiger partial charge on any atom is 0.573 e. The number of alkyl halides is 3. The molecule has 1 fully saturated rings. The maximum absolute atomic E-state index is 13.0. The van der Waals surface area contributed by atoms with Gasteiger partial charge in [-0.3, -0.25) is 10.1 Å². The molecule has 40 heavy (non-hydrogen) atoms. The molecule has 1 aliphatic carbocycles. The summed E-state index contributed by atoms with van der Waals surface area (Å²) in [4.78, 5) is 25.5. The second kappa shape index (κ2) is 11.9. The number of aromatic nitrogens is 4. The summed E-state index contributed by atoms with van der Waals surface area (Å²) >= 11 is 0. The summed E-state index contributed by atoms with van der Waals surface area (Å²) in [6, 6.07) is 11.0. The number of rotatable bonds is 7. The van der Waals surface area contributed by atoms with Gasteiger partial charge in [-0.05, 0) is 90.1 Å². The Kier molecular flexibility index (Phi) is 8.60. The zero-order valence-corrected chi connectivity index (χ0v) is 22.4. The molecule has 4 N–H and O–H groups in total. The van der Waals surface area contributed by atoms with Crippen molar-refractivity contribution in [1.29, 1.82) is 0 Å². The van der Waals surface area contributed by atoms with E-state index in [-0.39, 0.29) is 29.1 Å². The fourth-order valence-corrected chi connectivity index (χ4v) is 5.07. The lowest BCUT2D eigenvalue weighted by atomic mass is 9.68. The molecule has 1 atom stereocenters. The Bertz CT molecular complexity index is 1270. The number of hydrogen-bond acceptors (Lipinski definition) is 6. The lowest BCUT2D eigenvalue weighted by Crippen LogP contribution is -2.38. The Morgan fingerprint density at radius 2 is 1.60 bits per heavy atom. The van der Waals surface area contributed by atoms with Gasteiger partial charge >= 0.3 is 12.4 Å². The molecule has 13 heteroatoms. The van der Waals surface area contributed by atoms with E-state index in [1.807, 2.05) is 0 Å². The largest absolute Gasteiger partial charge is 0.573 e. The van der Waals surface area contributed by atoms with Crippen molar-refractivity contribution < 1.29 is 27.5 Å². The Morgan fingerprint density at radius 1 is 0.950 bits per heavy atom. The molecule has 1 heterocycles. The van der Waals surface area contributed by atoms with Crippen LogP contribution < -0.4 is 20.7 Å². The lowest BCUT2D eigenvalue weighted by Gasteiger charge is -2.39. The monoisotopic (exact) mass is 559 g/mol. The van der Waals surface area contributed by atoms with Crippen LogP contribution in [0.3, 0.4) is 0 Å². The van der Waals surface area contributed by atoms with E-state index in [4.69, 9.17) is 0 Å². The minimum absolute atomic E-state index is 0.0545. The molecule has 10 nitrogen and oxygen atoms in total. The minimum Gasteiger partial charge on any atom is -0.406 e. The predicted octanol–water partition coefficient (Wildman–Crippen LogP) is 6.07. The van der Waals surface area contributed by atoms with E-state index < -0.39 is 18.3 Å². The average Bonchev–Trinajstić information content (AvgIpc) is 3.40. The molecule has 1 aromatic heterocycles. The van der Waals surface area contributed by atoms with Crippen LogP contribution in [0.15, 0.2) is 48.5 Å². The third-order valence-electron chi connectivity index (χ3n) is 7.20. The highest BCUT2D eigenvalue weighted by molar-refractivity contribution is 6.03. The van der Waals surface area contributed by atoms with E-state index in [0.29, 0.717) is 17.2 Å². The van der Waals surface area contributed by atoms with E-state index in [1.165, 1.54) is 12.1 Å². The highest BCUT2D eigenvalue weighted by Crippen LogP contribution is 2.43. The number of amides is 3. The molecule has 0 saturated heterocycles. The summed E-state index contributed by atoms with van der Waals surface area (Å²) in [5.41, 5.74) is 1.73. The molecule has 0 aliphatic heterocycles. The van der Waals surface area contributed by atoms with Crippen LogP contribution >= 0.6 is 0 Å². The zero-order chi connectivity index (χ0) is 28.9. The van der Waals surface area contributed by atoms with Crippen molar-refractivity contribution in [2.45, 2.75) is 58.9 Å². The van der Waals surface area contributed by atoms with Gasteiger partial charge in [-0.15, -0.1) is 18.3 Å². The molecule has 3 aromatic rings. The van der Waals surface area contributed by atoms with Crippen molar-refractivity contribution in [3.63, 3.8) is 0 Å². The number of benzene rings is 2. The standard InChI is InChI=1S/C27H32F3N7O3/c1-26(2,3)19-10-8-17(9-11-19)22(16-4-6-18(7-5-16)23(38)33-24-34-36-37-35-24)32-25(39)31-20-12-14-21(15-13-20)40-27(28,29)30/h4-7,12-15,17,19,22H,8-11H2,1-3H3,(H2,31,32,39)(H2,33,34,35,36,37,38)/t17-,19-,22?. The number of nitrogens with zero attached hydrogens (tertiary/aromatic N) is 3. The Morgan fingerprint density at radius 3 is 2.15 bits per heavy atom. The maximum atomic E-state index is 13.0. The summed E-state index contributed by atoms with van der Waals surface area (Å²) < 4.78 is 41.2. The smallest absolute Gasteiger partial charge is 0.406 e. The van der Waals surface area contributed by atoms with E-state index in [2.05, 4.69) is 62.1 Å². The normalized spacial score (nSPS) is 18.4. The van der Waals surface area contributed by atoms with Crippen molar-refractivity contribution >= 4 is 23.6 Å². The summed E-state index contributed by atoms with van der Waals surface area (Å²) in [6.07, 6.45) is -0.915. The number of carbonyl (C=O) groups is 2. The van der Waals surface area contributed by atoms with Gasteiger partial charge in [0.15, 0.2) is 0 Å². The van der Waals surface area contributed by atoms with Gasteiger partial charge in [0.1, 0.15) is 5.75 Å².